The Morgan fingerprint density at radius 2 is 2.00 bits per heavy atom. The van der Waals surface area contributed by atoms with Crippen molar-refractivity contribution in [2.24, 2.45) is 0 Å². The van der Waals surface area contributed by atoms with Crippen LogP contribution >= 0.6 is 11.3 Å². The molecule has 0 fully saturated rings. The summed E-state index contributed by atoms with van der Waals surface area (Å²) in [4.78, 5) is 2.74. The number of thiophene rings is 1. The van der Waals surface area contributed by atoms with Crippen LogP contribution in [0, 0.1) is 13.8 Å². The van der Waals surface area contributed by atoms with Gasteiger partial charge in [0.05, 0.1) is 0 Å². The minimum absolute atomic E-state index is 0.111. The van der Waals surface area contributed by atoms with E-state index in [0.29, 0.717) is 6.04 Å². The van der Waals surface area contributed by atoms with Crippen LogP contribution < -0.4 is 5.32 Å². The third kappa shape index (κ3) is 4.48. The van der Waals surface area contributed by atoms with Gasteiger partial charge in [0.2, 0.25) is 0 Å². The Hall–Kier alpha value is -0.190. The van der Waals surface area contributed by atoms with Crippen LogP contribution in [0.15, 0.2) is 6.07 Å². The van der Waals surface area contributed by atoms with Gasteiger partial charge in [-0.2, -0.15) is 0 Å². The van der Waals surface area contributed by atoms with Crippen LogP contribution in [0.4, 0.5) is 0 Å². The van der Waals surface area contributed by atoms with Gasteiger partial charge in [-0.3, -0.25) is 4.21 Å². The van der Waals surface area contributed by atoms with Crippen molar-refractivity contribution in [1.82, 2.24) is 5.32 Å². The maximum Gasteiger partial charge on any atom is 0.0375 e. The first-order valence-corrected chi connectivity index (χ1v) is 8.54. The van der Waals surface area contributed by atoms with Crippen molar-refractivity contribution in [1.29, 1.82) is 0 Å². The summed E-state index contributed by atoms with van der Waals surface area (Å²) in [5.41, 5.74) is 1.37. The van der Waals surface area contributed by atoms with Crippen LogP contribution in [0.1, 0.15) is 49.1 Å². The first-order valence-electron chi connectivity index (χ1n) is 6.40. The summed E-state index contributed by atoms with van der Waals surface area (Å²) in [5.74, 6) is 0.718. The van der Waals surface area contributed by atoms with E-state index in [0.717, 1.165) is 12.3 Å². The summed E-state index contributed by atoms with van der Waals surface area (Å²) in [5, 5.41) is 3.47. The second-order valence-electron chi connectivity index (χ2n) is 5.71. The van der Waals surface area contributed by atoms with Gasteiger partial charge in [-0.05, 0) is 53.2 Å². The fourth-order valence-electron chi connectivity index (χ4n) is 1.86. The summed E-state index contributed by atoms with van der Waals surface area (Å²) >= 11 is 1.84. The van der Waals surface area contributed by atoms with Gasteiger partial charge in [0.15, 0.2) is 0 Å². The average molecular weight is 287 g/mol. The molecule has 1 rings (SSSR count). The highest BCUT2D eigenvalue weighted by Gasteiger charge is 2.19. The van der Waals surface area contributed by atoms with Crippen molar-refractivity contribution < 1.29 is 4.21 Å². The smallest absolute Gasteiger partial charge is 0.0375 e. The summed E-state index contributed by atoms with van der Waals surface area (Å²) in [6, 6.07) is 2.59. The van der Waals surface area contributed by atoms with Gasteiger partial charge in [0.1, 0.15) is 0 Å². The second kappa shape index (κ2) is 6.31. The van der Waals surface area contributed by atoms with Gasteiger partial charge in [-0.15, -0.1) is 11.3 Å². The Morgan fingerprint density at radius 1 is 1.39 bits per heavy atom. The summed E-state index contributed by atoms with van der Waals surface area (Å²) < 4.78 is 11.8. The highest BCUT2D eigenvalue weighted by Crippen LogP contribution is 2.25. The van der Waals surface area contributed by atoms with Gasteiger partial charge < -0.3 is 5.32 Å². The maximum absolute atomic E-state index is 11.9. The van der Waals surface area contributed by atoms with E-state index in [-0.39, 0.29) is 4.75 Å². The van der Waals surface area contributed by atoms with E-state index in [1.54, 1.807) is 0 Å². The van der Waals surface area contributed by atoms with Gasteiger partial charge in [0, 0.05) is 43.6 Å². The quantitative estimate of drug-likeness (QED) is 0.897. The first-order chi connectivity index (χ1) is 8.21. The van der Waals surface area contributed by atoms with E-state index in [2.05, 4.69) is 32.2 Å². The Kier molecular flexibility index (Phi) is 5.56. The molecule has 0 spiro atoms. The van der Waals surface area contributed by atoms with Crippen molar-refractivity contribution >= 4 is 22.1 Å². The number of hydrogen-bond acceptors (Lipinski definition) is 3. The molecule has 1 heterocycles. The molecule has 0 radical (unpaired) electrons. The lowest BCUT2D eigenvalue weighted by Crippen LogP contribution is -2.30. The van der Waals surface area contributed by atoms with Crippen molar-refractivity contribution in [2.45, 2.75) is 52.3 Å². The van der Waals surface area contributed by atoms with Crippen LogP contribution in [0.3, 0.4) is 0 Å². The molecule has 1 aromatic heterocycles. The van der Waals surface area contributed by atoms with Crippen LogP contribution in [-0.2, 0) is 10.8 Å². The number of hydrogen-bond donors (Lipinski definition) is 1. The molecule has 0 saturated heterocycles. The number of nitrogens with one attached hydrogen (secondary N) is 1. The van der Waals surface area contributed by atoms with Gasteiger partial charge in [0.25, 0.3) is 0 Å². The molecule has 0 amide bonds. The zero-order valence-electron chi connectivity index (χ0n) is 12.3. The average Bonchev–Trinajstić information content (AvgIpc) is 2.56. The topological polar surface area (TPSA) is 29.1 Å². The molecule has 1 N–H and O–H groups in total. The van der Waals surface area contributed by atoms with Gasteiger partial charge in [-0.1, -0.05) is 0 Å². The lowest BCUT2D eigenvalue weighted by molar-refractivity contribution is 0.590. The predicted molar refractivity (Wildman–Crippen MR) is 83.0 cm³/mol. The van der Waals surface area contributed by atoms with Crippen LogP contribution in [-0.4, -0.2) is 21.3 Å². The Balaban J connectivity index is 2.45. The van der Waals surface area contributed by atoms with Crippen molar-refractivity contribution in [3.05, 3.63) is 21.4 Å². The Morgan fingerprint density at radius 3 is 2.44 bits per heavy atom. The molecule has 0 saturated carbocycles. The molecule has 0 bridgehead atoms. The maximum atomic E-state index is 11.9. The number of aryl methyl sites for hydroxylation is 2. The highest BCUT2D eigenvalue weighted by atomic mass is 32.2. The summed E-state index contributed by atoms with van der Waals surface area (Å²) in [6.07, 6.45) is 0. The molecular weight excluding hydrogens is 262 g/mol. The number of rotatable bonds is 5. The van der Waals surface area contributed by atoms with Gasteiger partial charge >= 0.3 is 0 Å². The molecule has 0 aliphatic rings. The monoisotopic (exact) mass is 287 g/mol. The molecule has 2 atom stereocenters. The molecule has 18 heavy (non-hydrogen) atoms. The van der Waals surface area contributed by atoms with E-state index in [9.17, 15) is 4.21 Å². The fraction of sp³-hybridized carbons (Fsp3) is 0.714. The third-order valence-electron chi connectivity index (χ3n) is 2.97. The minimum Gasteiger partial charge on any atom is -0.309 e. The minimum atomic E-state index is -0.770. The molecule has 4 heteroatoms. The van der Waals surface area contributed by atoms with E-state index in [1.165, 1.54) is 15.3 Å². The van der Waals surface area contributed by atoms with Gasteiger partial charge in [-0.25, -0.2) is 0 Å². The van der Waals surface area contributed by atoms with Crippen LogP contribution in [0.25, 0.3) is 0 Å². The standard InChI is InChI=1S/C14H25NOS2/c1-10-9-13(12(3)17-10)11(2)15-7-8-18(16)14(4,5)6/h9,11,15H,7-8H2,1-6H3/t11-,18-/m1/s1. The van der Waals surface area contributed by atoms with E-state index < -0.39 is 10.8 Å². The normalized spacial score (nSPS) is 15.7. The van der Waals surface area contributed by atoms with Crippen molar-refractivity contribution in [3.8, 4) is 0 Å². The van der Waals surface area contributed by atoms with Crippen molar-refractivity contribution in [2.75, 3.05) is 12.3 Å². The van der Waals surface area contributed by atoms with E-state index in [1.807, 2.05) is 32.1 Å². The molecule has 2 nitrogen and oxygen atoms in total. The van der Waals surface area contributed by atoms with E-state index in [4.69, 9.17) is 0 Å². The zero-order chi connectivity index (χ0) is 13.9. The van der Waals surface area contributed by atoms with Crippen LogP contribution in [0.2, 0.25) is 0 Å². The molecule has 0 aliphatic carbocycles. The first kappa shape index (κ1) is 15.9. The molecule has 1 aromatic rings. The predicted octanol–water partition coefficient (Wildman–Crippen LogP) is 3.56. The summed E-state index contributed by atoms with van der Waals surface area (Å²) in [7, 11) is -0.770. The molecule has 0 aromatic carbocycles. The second-order valence-corrected chi connectivity index (χ2v) is 9.49. The summed E-state index contributed by atoms with van der Waals surface area (Å²) in [6.45, 7) is 13.4. The Bertz CT molecular complexity index is 418. The molecular formula is C14H25NOS2. The van der Waals surface area contributed by atoms with Crippen molar-refractivity contribution in [3.63, 3.8) is 0 Å². The zero-order valence-corrected chi connectivity index (χ0v) is 13.9. The molecule has 0 unspecified atom stereocenters. The van der Waals surface area contributed by atoms with Crippen LogP contribution in [0.5, 0.6) is 0 Å². The SMILES string of the molecule is Cc1cc([C@@H](C)NCC[S@@](=O)C(C)(C)C)c(C)s1. The largest absolute Gasteiger partial charge is 0.309 e. The Labute approximate surface area is 118 Å². The molecule has 0 aliphatic heterocycles. The lowest BCUT2D eigenvalue weighted by atomic mass is 10.1. The fourth-order valence-corrected chi connectivity index (χ4v) is 3.80. The molecule has 104 valence electrons. The lowest BCUT2D eigenvalue weighted by Gasteiger charge is -2.19. The van der Waals surface area contributed by atoms with E-state index >= 15 is 0 Å². The highest BCUT2D eigenvalue weighted by molar-refractivity contribution is 7.86. The third-order valence-corrected chi connectivity index (χ3v) is 5.89.